The zero-order chi connectivity index (χ0) is 13.4. The van der Waals surface area contributed by atoms with Gasteiger partial charge >= 0.3 is 0 Å². The van der Waals surface area contributed by atoms with E-state index in [1.165, 1.54) is 5.56 Å². The number of anilines is 1. The molecular weight excluding hydrogens is 260 g/mol. The first kappa shape index (κ1) is 12.2. The zero-order valence-corrected chi connectivity index (χ0v) is 11.3. The molecule has 0 saturated carbocycles. The Morgan fingerprint density at radius 3 is 2.95 bits per heavy atom. The van der Waals surface area contributed by atoms with Crippen LogP contribution in [0.5, 0.6) is 0 Å². The van der Waals surface area contributed by atoms with Gasteiger partial charge in [0.15, 0.2) is 0 Å². The lowest BCUT2D eigenvalue weighted by Gasteiger charge is -2.22. The second-order valence-electron chi connectivity index (χ2n) is 4.72. The topological polar surface area (TPSA) is 33.2 Å². The predicted molar refractivity (Wildman–Crippen MR) is 75.7 cm³/mol. The molecule has 19 heavy (non-hydrogen) atoms. The van der Waals surface area contributed by atoms with Crippen molar-refractivity contribution < 1.29 is 4.79 Å². The molecule has 1 aliphatic heterocycles. The van der Waals surface area contributed by atoms with E-state index in [-0.39, 0.29) is 11.9 Å². The first-order chi connectivity index (χ1) is 9.16. The number of aromatic nitrogens is 1. The first-order valence-corrected chi connectivity index (χ1v) is 6.57. The Balaban J connectivity index is 2.01. The third kappa shape index (κ3) is 2.10. The number of amides is 1. The van der Waals surface area contributed by atoms with E-state index in [0.717, 1.165) is 12.1 Å². The van der Waals surface area contributed by atoms with Crippen LogP contribution in [0.15, 0.2) is 42.6 Å². The monoisotopic (exact) mass is 272 g/mol. The summed E-state index contributed by atoms with van der Waals surface area (Å²) >= 11 is 5.92. The number of fused-ring (bicyclic) bond motifs is 1. The van der Waals surface area contributed by atoms with Crippen molar-refractivity contribution in [3.8, 4) is 0 Å². The highest BCUT2D eigenvalue weighted by Gasteiger charge is 2.31. The number of hydrogen-bond acceptors (Lipinski definition) is 2. The molecule has 96 valence electrons. The van der Waals surface area contributed by atoms with Crippen LogP contribution in [0.1, 0.15) is 23.0 Å². The standard InChI is InChI=1S/C15H13ClN2O/c1-10-8-11-4-2-3-5-14(11)18(10)15(19)13-9-12(16)6-7-17-13/h2-7,9-10H,8H2,1H3. The van der Waals surface area contributed by atoms with Crippen molar-refractivity contribution >= 4 is 23.2 Å². The number of benzene rings is 1. The minimum Gasteiger partial charge on any atom is -0.304 e. The summed E-state index contributed by atoms with van der Waals surface area (Å²) in [5.74, 6) is -0.0973. The lowest BCUT2D eigenvalue weighted by atomic mass is 10.1. The van der Waals surface area contributed by atoms with E-state index in [0.29, 0.717) is 10.7 Å². The second-order valence-corrected chi connectivity index (χ2v) is 5.15. The summed E-state index contributed by atoms with van der Waals surface area (Å²) in [6.07, 6.45) is 2.44. The Morgan fingerprint density at radius 1 is 1.37 bits per heavy atom. The van der Waals surface area contributed by atoms with Crippen LogP contribution in [0.2, 0.25) is 5.02 Å². The van der Waals surface area contributed by atoms with Crippen LogP contribution in [0.25, 0.3) is 0 Å². The smallest absolute Gasteiger partial charge is 0.277 e. The van der Waals surface area contributed by atoms with E-state index in [1.807, 2.05) is 25.1 Å². The van der Waals surface area contributed by atoms with Gasteiger partial charge in [0, 0.05) is 22.9 Å². The summed E-state index contributed by atoms with van der Waals surface area (Å²) in [5.41, 5.74) is 2.56. The second kappa shape index (κ2) is 4.67. The van der Waals surface area contributed by atoms with Crippen molar-refractivity contribution in [2.75, 3.05) is 4.90 Å². The number of rotatable bonds is 1. The van der Waals surface area contributed by atoms with Crippen molar-refractivity contribution in [2.45, 2.75) is 19.4 Å². The molecule has 0 spiro atoms. The summed E-state index contributed by atoms with van der Waals surface area (Å²) < 4.78 is 0. The molecule has 1 aromatic heterocycles. The molecule has 1 amide bonds. The van der Waals surface area contributed by atoms with Crippen molar-refractivity contribution in [2.24, 2.45) is 0 Å². The third-order valence-electron chi connectivity index (χ3n) is 3.37. The number of nitrogens with zero attached hydrogens (tertiary/aromatic N) is 2. The molecule has 4 heteroatoms. The summed E-state index contributed by atoms with van der Waals surface area (Å²) in [6.45, 7) is 2.04. The molecule has 0 saturated heterocycles. The minimum absolute atomic E-state index is 0.0973. The van der Waals surface area contributed by atoms with E-state index in [2.05, 4.69) is 11.1 Å². The average Bonchev–Trinajstić information content (AvgIpc) is 2.74. The van der Waals surface area contributed by atoms with E-state index >= 15 is 0 Å². The highest BCUT2D eigenvalue weighted by Crippen LogP contribution is 2.32. The Labute approximate surface area is 116 Å². The molecule has 0 N–H and O–H groups in total. The van der Waals surface area contributed by atoms with Gasteiger partial charge in [0.05, 0.1) is 0 Å². The van der Waals surface area contributed by atoms with Gasteiger partial charge in [0.1, 0.15) is 5.69 Å². The highest BCUT2D eigenvalue weighted by atomic mass is 35.5. The SMILES string of the molecule is CC1Cc2ccccc2N1C(=O)c1cc(Cl)ccn1. The third-order valence-corrected chi connectivity index (χ3v) is 3.60. The zero-order valence-electron chi connectivity index (χ0n) is 10.5. The van der Waals surface area contributed by atoms with Gasteiger partial charge in [0.25, 0.3) is 5.91 Å². The summed E-state index contributed by atoms with van der Waals surface area (Å²) in [4.78, 5) is 18.5. The summed E-state index contributed by atoms with van der Waals surface area (Å²) in [7, 11) is 0. The summed E-state index contributed by atoms with van der Waals surface area (Å²) in [6, 6.07) is 11.4. The normalized spacial score (nSPS) is 17.4. The van der Waals surface area contributed by atoms with Crippen LogP contribution in [-0.2, 0) is 6.42 Å². The van der Waals surface area contributed by atoms with Crippen LogP contribution in [0, 0.1) is 0 Å². The molecule has 1 unspecified atom stereocenters. The molecule has 1 aliphatic rings. The molecule has 0 radical (unpaired) electrons. The molecule has 1 aromatic carbocycles. The molecule has 2 aromatic rings. The van der Waals surface area contributed by atoms with Crippen LogP contribution in [0.4, 0.5) is 5.69 Å². The Morgan fingerprint density at radius 2 is 2.16 bits per heavy atom. The first-order valence-electron chi connectivity index (χ1n) is 6.20. The molecule has 0 fully saturated rings. The fourth-order valence-corrected chi connectivity index (χ4v) is 2.68. The maximum absolute atomic E-state index is 12.6. The fraction of sp³-hybridized carbons (Fsp3) is 0.200. The van der Waals surface area contributed by atoms with Crippen molar-refractivity contribution in [1.29, 1.82) is 0 Å². The van der Waals surface area contributed by atoms with E-state index in [1.54, 1.807) is 23.2 Å². The van der Waals surface area contributed by atoms with Gasteiger partial charge in [-0.1, -0.05) is 29.8 Å². The predicted octanol–water partition coefficient (Wildman–Crippen LogP) is 3.33. The van der Waals surface area contributed by atoms with Gasteiger partial charge in [-0.2, -0.15) is 0 Å². The van der Waals surface area contributed by atoms with Gasteiger partial charge < -0.3 is 4.90 Å². The van der Waals surface area contributed by atoms with Crippen LogP contribution >= 0.6 is 11.6 Å². The number of hydrogen-bond donors (Lipinski definition) is 0. The quantitative estimate of drug-likeness (QED) is 0.798. The fourth-order valence-electron chi connectivity index (χ4n) is 2.52. The van der Waals surface area contributed by atoms with Crippen LogP contribution in [-0.4, -0.2) is 16.9 Å². The minimum atomic E-state index is -0.0973. The number of halogens is 1. The molecule has 2 heterocycles. The maximum Gasteiger partial charge on any atom is 0.277 e. The molecule has 3 nitrogen and oxygen atoms in total. The Kier molecular flexibility index (Phi) is 2.99. The lowest BCUT2D eigenvalue weighted by molar-refractivity contribution is 0.0976. The molecule has 0 aliphatic carbocycles. The average molecular weight is 273 g/mol. The molecule has 3 rings (SSSR count). The van der Waals surface area contributed by atoms with E-state index in [9.17, 15) is 4.79 Å². The van der Waals surface area contributed by atoms with Crippen molar-refractivity contribution in [1.82, 2.24) is 4.98 Å². The number of carbonyl (C=O) groups excluding carboxylic acids is 1. The van der Waals surface area contributed by atoms with Gasteiger partial charge in [0.2, 0.25) is 0 Å². The molecule has 0 bridgehead atoms. The van der Waals surface area contributed by atoms with Gasteiger partial charge in [-0.15, -0.1) is 0 Å². The number of carbonyl (C=O) groups is 1. The van der Waals surface area contributed by atoms with Gasteiger partial charge in [-0.25, -0.2) is 0 Å². The van der Waals surface area contributed by atoms with Crippen LogP contribution in [0.3, 0.4) is 0 Å². The highest BCUT2D eigenvalue weighted by molar-refractivity contribution is 6.31. The maximum atomic E-state index is 12.6. The molecular formula is C15H13ClN2O. The van der Waals surface area contributed by atoms with Gasteiger partial charge in [-0.05, 0) is 37.1 Å². The van der Waals surface area contributed by atoms with E-state index < -0.39 is 0 Å². The summed E-state index contributed by atoms with van der Waals surface area (Å²) in [5, 5.41) is 0.526. The molecule has 1 atom stereocenters. The van der Waals surface area contributed by atoms with Crippen molar-refractivity contribution in [3.63, 3.8) is 0 Å². The number of para-hydroxylation sites is 1. The largest absolute Gasteiger partial charge is 0.304 e. The van der Waals surface area contributed by atoms with Crippen molar-refractivity contribution in [3.05, 3.63) is 58.9 Å². The number of pyridine rings is 1. The van der Waals surface area contributed by atoms with E-state index in [4.69, 9.17) is 11.6 Å². The van der Waals surface area contributed by atoms with Crippen LogP contribution < -0.4 is 4.90 Å². The lowest BCUT2D eigenvalue weighted by Crippen LogP contribution is -2.36. The Hall–Kier alpha value is -1.87. The Bertz CT molecular complexity index is 642. The van der Waals surface area contributed by atoms with Gasteiger partial charge in [-0.3, -0.25) is 9.78 Å².